The third-order valence-corrected chi connectivity index (χ3v) is 6.24. The third kappa shape index (κ3) is 2.80. The number of benzene rings is 1. The van der Waals surface area contributed by atoms with Crippen molar-refractivity contribution in [3.8, 4) is 0 Å². The lowest BCUT2D eigenvalue weighted by Gasteiger charge is -2.25. The van der Waals surface area contributed by atoms with E-state index >= 15 is 0 Å². The molecule has 0 radical (unpaired) electrons. The van der Waals surface area contributed by atoms with E-state index in [9.17, 15) is 4.79 Å². The number of hydrogen-bond donors (Lipinski definition) is 2. The number of nitrogens with two attached hydrogens (primary N) is 1. The summed E-state index contributed by atoms with van der Waals surface area (Å²) in [5.74, 6) is 0.0662. The number of carbonyl (C=O) groups excluding carboxylic acids is 1. The molecule has 2 aromatic rings. The maximum atomic E-state index is 12.6. The van der Waals surface area contributed by atoms with Gasteiger partial charge in [-0.25, -0.2) is 4.98 Å². The summed E-state index contributed by atoms with van der Waals surface area (Å²) in [6, 6.07) is 5.89. The number of nitrogens with zero attached hydrogens (tertiary/aromatic N) is 1. The minimum absolute atomic E-state index is 0.0662. The predicted molar refractivity (Wildman–Crippen MR) is 90.0 cm³/mol. The van der Waals surface area contributed by atoms with Gasteiger partial charge in [0, 0.05) is 12.2 Å². The SMILES string of the molecule is CSc1nc2ccc(NC(=O)C3(CN)CCCC3)cc2s1. The fourth-order valence-electron chi connectivity index (χ4n) is 2.91. The van der Waals surface area contributed by atoms with Crippen molar-refractivity contribution in [1.82, 2.24) is 4.98 Å². The second-order valence-electron chi connectivity index (χ2n) is 5.51. The van der Waals surface area contributed by atoms with E-state index in [0.717, 1.165) is 45.9 Å². The molecule has 0 unspecified atom stereocenters. The van der Waals surface area contributed by atoms with Crippen molar-refractivity contribution >= 4 is 44.9 Å². The van der Waals surface area contributed by atoms with Crippen molar-refractivity contribution in [2.24, 2.45) is 11.1 Å². The number of rotatable bonds is 4. The van der Waals surface area contributed by atoms with E-state index in [1.165, 1.54) is 0 Å². The number of thioether (sulfide) groups is 1. The number of nitrogens with one attached hydrogen (secondary N) is 1. The Kier molecular flexibility index (Phi) is 4.19. The summed E-state index contributed by atoms with van der Waals surface area (Å²) in [5, 5.41) is 3.05. The van der Waals surface area contributed by atoms with E-state index in [2.05, 4.69) is 10.3 Å². The van der Waals surface area contributed by atoms with Crippen LogP contribution in [-0.4, -0.2) is 23.7 Å². The molecule has 0 spiro atoms. The molecule has 112 valence electrons. The second-order valence-corrected chi connectivity index (χ2v) is 7.60. The van der Waals surface area contributed by atoms with Gasteiger partial charge < -0.3 is 11.1 Å². The Bertz CT molecular complexity index is 662. The molecule has 1 aromatic carbocycles. The van der Waals surface area contributed by atoms with Gasteiger partial charge in [-0.05, 0) is 37.3 Å². The van der Waals surface area contributed by atoms with Crippen LogP contribution in [0.25, 0.3) is 10.2 Å². The highest BCUT2D eigenvalue weighted by Gasteiger charge is 2.39. The first-order valence-electron chi connectivity index (χ1n) is 7.13. The van der Waals surface area contributed by atoms with Crippen molar-refractivity contribution in [2.75, 3.05) is 18.1 Å². The van der Waals surface area contributed by atoms with Crippen LogP contribution in [0.15, 0.2) is 22.5 Å². The minimum atomic E-state index is -0.368. The van der Waals surface area contributed by atoms with Crippen LogP contribution >= 0.6 is 23.1 Å². The maximum Gasteiger partial charge on any atom is 0.231 e. The van der Waals surface area contributed by atoms with E-state index in [1.807, 2.05) is 24.5 Å². The van der Waals surface area contributed by atoms with Gasteiger partial charge in [0.05, 0.1) is 15.6 Å². The van der Waals surface area contributed by atoms with Gasteiger partial charge in [-0.2, -0.15) is 0 Å². The first-order chi connectivity index (χ1) is 10.2. The van der Waals surface area contributed by atoms with Crippen molar-refractivity contribution < 1.29 is 4.79 Å². The van der Waals surface area contributed by atoms with Gasteiger partial charge in [0.2, 0.25) is 5.91 Å². The number of fused-ring (bicyclic) bond motifs is 1. The number of aromatic nitrogens is 1. The number of thiazole rings is 1. The Morgan fingerprint density at radius 3 is 2.90 bits per heavy atom. The van der Waals surface area contributed by atoms with Crippen LogP contribution in [-0.2, 0) is 4.79 Å². The summed E-state index contributed by atoms with van der Waals surface area (Å²) in [6.45, 7) is 0.429. The highest BCUT2D eigenvalue weighted by Crippen LogP contribution is 2.38. The van der Waals surface area contributed by atoms with Gasteiger partial charge in [-0.15, -0.1) is 11.3 Å². The predicted octanol–water partition coefficient (Wildman–Crippen LogP) is 3.48. The number of carbonyl (C=O) groups is 1. The standard InChI is InChI=1S/C15H19N3OS2/c1-20-14-18-11-5-4-10(8-12(11)21-14)17-13(19)15(9-16)6-2-3-7-15/h4-5,8H,2-3,6-7,9,16H2,1H3,(H,17,19). The Hall–Kier alpha value is -1.11. The lowest BCUT2D eigenvalue weighted by Crippen LogP contribution is -2.40. The fraction of sp³-hybridized carbons (Fsp3) is 0.467. The van der Waals surface area contributed by atoms with E-state index in [-0.39, 0.29) is 11.3 Å². The summed E-state index contributed by atoms with van der Waals surface area (Å²) in [7, 11) is 0. The van der Waals surface area contributed by atoms with E-state index in [0.29, 0.717) is 6.54 Å². The Labute approximate surface area is 132 Å². The molecule has 21 heavy (non-hydrogen) atoms. The van der Waals surface area contributed by atoms with Crippen LogP contribution in [0.5, 0.6) is 0 Å². The summed E-state index contributed by atoms with van der Waals surface area (Å²) in [6.07, 6.45) is 6.00. The lowest BCUT2D eigenvalue weighted by atomic mass is 9.85. The molecule has 1 saturated carbocycles. The van der Waals surface area contributed by atoms with Crippen LogP contribution in [0.2, 0.25) is 0 Å². The van der Waals surface area contributed by atoms with Crippen LogP contribution < -0.4 is 11.1 Å². The fourth-order valence-corrected chi connectivity index (χ4v) is 4.44. The van der Waals surface area contributed by atoms with Gasteiger partial charge in [0.25, 0.3) is 0 Å². The average molecular weight is 321 g/mol. The number of anilines is 1. The summed E-state index contributed by atoms with van der Waals surface area (Å²) in [4.78, 5) is 17.1. The average Bonchev–Trinajstić information content (AvgIpc) is 3.13. The molecule has 1 heterocycles. The molecule has 1 aliphatic carbocycles. The van der Waals surface area contributed by atoms with Crippen LogP contribution in [0.4, 0.5) is 5.69 Å². The van der Waals surface area contributed by atoms with E-state index in [1.54, 1.807) is 23.1 Å². The van der Waals surface area contributed by atoms with Gasteiger partial charge in [-0.1, -0.05) is 24.6 Å². The first kappa shape index (κ1) is 14.8. The molecule has 0 saturated heterocycles. The molecule has 1 fully saturated rings. The first-order valence-corrected chi connectivity index (χ1v) is 9.17. The zero-order valence-corrected chi connectivity index (χ0v) is 13.6. The van der Waals surface area contributed by atoms with Gasteiger partial charge in [-0.3, -0.25) is 4.79 Å². The van der Waals surface area contributed by atoms with Gasteiger partial charge in [0.1, 0.15) is 0 Å². The zero-order chi connectivity index (χ0) is 14.9. The van der Waals surface area contributed by atoms with Crippen molar-refractivity contribution in [2.45, 2.75) is 30.0 Å². The van der Waals surface area contributed by atoms with Crippen LogP contribution in [0.1, 0.15) is 25.7 Å². The topological polar surface area (TPSA) is 68.0 Å². The second kappa shape index (κ2) is 5.94. The molecule has 6 heteroatoms. The van der Waals surface area contributed by atoms with Gasteiger partial charge >= 0.3 is 0 Å². The van der Waals surface area contributed by atoms with Gasteiger partial charge in [0.15, 0.2) is 4.34 Å². The highest BCUT2D eigenvalue weighted by atomic mass is 32.2. The molecule has 4 nitrogen and oxygen atoms in total. The van der Waals surface area contributed by atoms with Crippen molar-refractivity contribution in [3.05, 3.63) is 18.2 Å². The molecule has 1 aliphatic rings. The summed E-state index contributed by atoms with van der Waals surface area (Å²) >= 11 is 3.29. The molecule has 1 amide bonds. The molecular weight excluding hydrogens is 302 g/mol. The normalized spacial score (nSPS) is 17.2. The minimum Gasteiger partial charge on any atom is -0.329 e. The molecule has 0 aliphatic heterocycles. The van der Waals surface area contributed by atoms with Crippen LogP contribution in [0, 0.1) is 5.41 Å². The van der Waals surface area contributed by atoms with Crippen molar-refractivity contribution in [3.63, 3.8) is 0 Å². The smallest absolute Gasteiger partial charge is 0.231 e. The molecule has 0 bridgehead atoms. The zero-order valence-electron chi connectivity index (χ0n) is 12.0. The molecular formula is C15H19N3OS2. The molecule has 3 N–H and O–H groups in total. The third-order valence-electron chi connectivity index (χ3n) is 4.23. The molecule has 0 atom stereocenters. The summed E-state index contributed by atoms with van der Waals surface area (Å²) in [5.41, 5.74) is 7.32. The molecule has 1 aromatic heterocycles. The summed E-state index contributed by atoms with van der Waals surface area (Å²) < 4.78 is 2.15. The number of amides is 1. The van der Waals surface area contributed by atoms with E-state index in [4.69, 9.17) is 5.73 Å². The lowest BCUT2D eigenvalue weighted by molar-refractivity contribution is -0.124. The van der Waals surface area contributed by atoms with Crippen molar-refractivity contribution in [1.29, 1.82) is 0 Å². The largest absolute Gasteiger partial charge is 0.329 e. The Morgan fingerprint density at radius 1 is 1.48 bits per heavy atom. The Balaban J connectivity index is 1.82. The number of hydrogen-bond acceptors (Lipinski definition) is 5. The van der Waals surface area contributed by atoms with Crippen LogP contribution in [0.3, 0.4) is 0 Å². The monoisotopic (exact) mass is 321 g/mol. The molecule has 3 rings (SSSR count). The highest BCUT2D eigenvalue weighted by molar-refractivity contribution is 8.00. The van der Waals surface area contributed by atoms with E-state index < -0.39 is 0 Å². The Morgan fingerprint density at radius 2 is 2.24 bits per heavy atom. The maximum absolute atomic E-state index is 12.6. The quantitative estimate of drug-likeness (QED) is 0.846.